The van der Waals surface area contributed by atoms with Gasteiger partial charge in [-0.1, -0.05) is 48.5 Å². The number of morpholine rings is 1. The molecule has 1 saturated carbocycles. The standard InChI is InChI=1S/C30H32N6O/c31-29-28-27(23-7-6-22-8-9-25(33-26(22)18-23)21-4-2-1-3-5-21)34-30(36(28)11-10-32-29)24-16-20(17-24)19-35-12-14-37-15-13-35/h1-11,18,20,24,30,34H,12-17,19H2,(H2,31,32). The second-order valence-electron chi connectivity index (χ2n) is 10.5. The Hall–Kier alpha value is -3.68. The van der Waals surface area contributed by atoms with Crippen LogP contribution < -0.4 is 11.1 Å². The van der Waals surface area contributed by atoms with Crippen LogP contribution in [0.3, 0.4) is 0 Å². The molecule has 3 aromatic rings. The lowest BCUT2D eigenvalue weighted by atomic mass is 9.72. The molecule has 1 atom stereocenters. The molecule has 2 fully saturated rings. The number of nitrogens with two attached hydrogens (primary N) is 1. The highest BCUT2D eigenvalue weighted by molar-refractivity contribution is 6.05. The Labute approximate surface area is 217 Å². The minimum absolute atomic E-state index is 0.190. The maximum Gasteiger partial charge on any atom is 0.149 e. The van der Waals surface area contributed by atoms with E-state index in [4.69, 9.17) is 15.5 Å². The van der Waals surface area contributed by atoms with Crippen molar-refractivity contribution < 1.29 is 4.74 Å². The molecule has 4 heterocycles. The molecule has 7 rings (SSSR count). The molecule has 0 radical (unpaired) electrons. The van der Waals surface area contributed by atoms with E-state index in [1.54, 1.807) is 0 Å². The van der Waals surface area contributed by atoms with Crippen molar-refractivity contribution in [2.45, 2.75) is 19.0 Å². The first-order valence-electron chi connectivity index (χ1n) is 13.3. The second-order valence-corrected chi connectivity index (χ2v) is 10.5. The predicted octanol–water partition coefficient (Wildman–Crippen LogP) is 4.00. The molecule has 4 aliphatic rings. The molecular formula is C30H32N6O. The van der Waals surface area contributed by atoms with Crippen LogP contribution in [0.1, 0.15) is 18.4 Å². The fraction of sp³-hybridized carbons (Fsp3) is 0.333. The van der Waals surface area contributed by atoms with Gasteiger partial charge in [0.25, 0.3) is 0 Å². The predicted molar refractivity (Wildman–Crippen MR) is 147 cm³/mol. The van der Waals surface area contributed by atoms with Gasteiger partial charge in [0.2, 0.25) is 0 Å². The Morgan fingerprint density at radius 1 is 0.973 bits per heavy atom. The van der Waals surface area contributed by atoms with Gasteiger partial charge in [-0.2, -0.15) is 0 Å². The number of aliphatic imine (C=N–C) groups is 1. The van der Waals surface area contributed by atoms with E-state index < -0.39 is 0 Å². The van der Waals surface area contributed by atoms with Gasteiger partial charge in [0.05, 0.1) is 30.1 Å². The molecule has 7 nitrogen and oxygen atoms in total. The van der Waals surface area contributed by atoms with Gasteiger partial charge in [0, 0.05) is 48.5 Å². The average molecular weight is 493 g/mol. The fourth-order valence-electron chi connectivity index (χ4n) is 6.18. The third-order valence-electron chi connectivity index (χ3n) is 8.16. The van der Waals surface area contributed by atoms with Gasteiger partial charge >= 0.3 is 0 Å². The number of hydrogen-bond donors (Lipinski definition) is 2. The van der Waals surface area contributed by atoms with E-state index in [1.807, 2.05) is 24.4 Å². The molecule has 0 spiro atoms. The molecule has 2 aromatic carbocycles. The van der Waals surface area contributed by atoms with E-state index >= 15 is 0 Å². The van der Waals surface area contributed by atoms with E-state index in [1.165, 1.54) is 19.4 Å². The van der Waals surface area contributed by atoms with Crippen molar-refractivity contribution in [1.29, 1.82) is 0 Å². The van der Waals surface area contributed by atoms with E-state index in [-0.39, 0.29) is 6.17 Å². The third-order valence-corrected chi connectivity index (χ3v) is 8.16. The zero-order valence-corrected chi connectivity index (χ0v) is 20.9. The van der Waals surface area contributed by atoms with Gasteiger partial charge in [0.15, 0.2) is 0 Å². The SMILES string of the molecule is NC1=NC=CN2C1=C(c1ccc3ccc(-c4ccccc4)nc3c1)NC2C1CC(CN2CCOCC2)C1. The van der Waals surface area contributed by atoms with E-state index in [0.29, 0.717) is 11.8 Å². The van der Waals surface area contributed by atoms with Crippen molar-refractivity contribution in [3.8, 4) is 11.3 Å². The van der Waals surface area contributed by atoms with Gasteiger partial charge in [-0.15, -0.1) is 0 Å². The van der Waals surface area contributed by atoms with Crippen molar-refractivity contribution in [3.63, 3.8) is 0 Å². The Kier molecular flexibility index (Phi) is 5.67. The highest BCUT2D eigenvalue weighted by Gasteiger charge is 2.44. The molecule has 3 aliphatic heterocycles. The van der Waals surface area contributed by atoms with Crippen LogP contribution in [0.25, 0.3) is 27.9 Å². The molecule has 188 valence electrons. The zero-order chi connectivity index (χ0) is 24.8. The van der Waals surface area contributed by atoms with E-state index in [0.717, 1.165) is 71.3 Å². The highest BCUT2D eigenvalue weighted by atomic mass is 16.5. The molecule has 0 bridgehead atoms. The Balaban J connectivity index is 1.15. The first kappa shape index (κ1) is 22.5. The molecule has 1 aliphatic carbocycles. The van der Waals surface area contributed by atoms with Crippen LogP contribution in [0.2, 0.25) is 0 Å². The summed E-state index contributed by atoms with van der Waals surface area (Å²) >= 11 is 0. The van der Waals surface area contributed by atoms with E-state index in [9.17, 15) is 0 Å². The van der Waals surface area contributed by atoms with Crippen LogP contribution in [0.4, 0.5) is 0 Å². The quantitative estimate of drug-likeness (QED) is 0.561. The minimum Gasteiger partial charge on any atom is -0.382 e. The number of fused-ring (bicyclic) bond motifs is 2. The van der Waals surface area contributed by atoms with Crippen LogP contribution in [0, 0.1) is 11.8 Å². The molecule has 37 heavy (non-hydrogen) atoms. The van der Waals surface area contributed by atoms with Crippen molar-refractivity contribution in [3.05, 3.63) is 84.3 Å². The van der Waals surface area contributed by atoms with Crippen LogP contribution >= 0.6 is 0 Å². The number of nitrogens with one attached hydrogen (secondary N) is 1. The maximum absolute atomic E-state index is 6.46. The topological polar surface area (TPSA) is 79.0 Å². The summed E-state index contributed by atoms with van der Waals surface area (Å²) in [5.41, 5.74) is 12.6. The number of benzene rings is 2. The number of pyridine rings is 1. The Morgan fingerprint density at radius 2 is 1.78 bits per heavy atom. The summed E-state index contributed by atoms with van der Waals surface area (Å²) in [7, 11) is 0. The van der Waals surface area contributed by atoms with Crippen LogP contribution in [0.15, 0.2) is 83.8 Å². The van der Waals surface area contributed by atoms with Crippen LogP contribution in [-0.2, 0) is 4.74 Å². The molecule has 3 N–H and O–H groups in total. The third kappa shape index (κ3) is 4.18. The number of amidine groups is 1. The van der Waals surface area contributed by atoms with Crippen molar-refractivity contribution in [1.82, 2.24) is 20.1 Å². The molecule has 7 heteroatoms. The summed E-state index contributed by atoms with van der Waals surface area (Å²) in [5.74, 6) is 1.87. The zero-order valence-electron chi connectivity index (χ0n) is 20.9. The average Bonchev–Trinajstić information content (AvgIpc) is 3.31. The van der Waals surface area contributed by atoms with Crippen molar-refractivity contribution in [2.24, 2.45) is 22.6 Å². The first-order chi connectivity index (χ1) is 18.2. The lowest BCUT2D eigenvalue weighted by molar-refractivity contribution is 0.00821. The number of hydrogen-bond acceptors (Lipinski definition) is 7. The van der Waals surface area contributed by atoms with Crippen LogP contribution in [0.5, 0.6) is 0 Å². The number of aromatic nitrogens is 1. The van der Waals surface area contributed by atoms with Gasteiger partial charge < -0.3 is 20.7 Å². The minimum atomic E-state index is 0.190. The molecule has 1 aromatic heterocycles. The maximum atomic E-state index is 6.46. The summed E-state index contributed by atoms with van der Waals surface area (Å²) in [4.78, 5) is 14.3. The summed E-state index contributed by atoms with van der Waals surface area (Å²) in [6.45, 7) is 5.02. The number of nitrogens with zero attached hydrogens (tertiary/aromatic N) is 4. The van der Waals surface area contributed by atoms with Crippen LogP contribution in [-0.4, -0.2) is 59.6 Å². The number of rotatable bonds is 5. The van der Waals surface area contributed by atoms with Crippen molar-refractivity contribution >= 4 is 22.4 Å². The highest BCUT2D eigenvalue weighted by Crippen LogP contribution is 2.43. The van der Waals surface area contributed by atoms with Gasteiger partial charge in [-0.25, -0.2) is 9.98 Å². The summed E-state index contributed by atoms with van der Waals surface area (Å²) in [6.07, 6.45) is 6.51. The first-order valence-corrected chi connectivity index (χ1v) is 13.3. The fourth-order valence-corrected chi connectivity index (χ4v) is 6.18. The summed E-state index contributed by atoms with van der Waals surface area (Å²) < 4.78 is 5.52. The second kappa shape index (κ2) is 9.32. The Morgan fingerprint density at radius 3 is 2.62 bits per heavy atom. The van der Waals surface area contributed by atoms with Gasteiger partial charge in [-0.05, 0) is 36.8 Å². The monoisotopic (exact) mass is 492 g/mol. The summed E-state index contributed by atoms with van der Waals surface area (Å²) in [6, 6.07) is 21.0. The molecule has 0 amide bonds. The smallest absolute Gasteiger partial charge is 0.149 e. The largest absolute Gasteiger partial charge is 0.382 e. The lowest BCUT2D eigenvalue weighted by Gasteiger charge is -2.44. The van der Waals surface area contributed by atoms with Crippen molar-refractivity contribution in [2.75, 3.05) is 32.8 Å². The van der Waals surface area contributed by atoms with Gasteiger partial charge in [-0.3, -0.25) is 4.90 Å². The molecular weight excluding hydrogens is 460 g/mol. The molecule has 1 saturated heterocycles. The molecule has 1 unspecified atom stereocenters. The van der Waals surface area contributed by atoms with Gasteiger partial charge in [0.1, 0.15) is 17.7 Å². The van der Waals surface area contributed by atoms with E-state index in [2.05, 4.69) is 68.8 Å². The lowest BCUT2D eigenvalue weighted by Crippen LogP contribution is -2.50. The Bertz CT molecular complexity index is 1400. The number of ether oxygens (including phenoxy) is 1. The normalized spacial score (nSPS) is 25.6. The summed E-state index contributed by atoms with van der Waals surface area (Å²) in [5, 5.41) is 4.97.